The minimum Gasteiger partial charge on any atom is -0.336 e. The van der Waals surface area contributed by atoms with E-state index in [1.165, 1.54) is 12.1 Å². The molecule has 1 saturated heterocycles. The van der Waals surface area contributed by atoms with Gasteiger partial charge in [0.1, 0.15) is 5.82 Å². The summed E-state index contributed by atoms with van der Waals surface area (Å²) < 4.78 is 18.7. The SMILES string of the molecule is Cc1noc2nc(-c3ccc(F)cc3)cc(C(=O)N3CCN(Cc4cccnc4)CC3)c12. The molecule has 1 fully saturated rings. The predicted molar refractivity (Wildman–Crippen MR) is 117 cm³/mol. The third kappa shape index (κ3) is 3.97. The minimum atomic E-state index is -0.328. The smallest absolute Gasteiger partial charge is 0.259 e. The number of halogens is 1. The maximum absolute atomic E-state index is 13.5. The summed E-state index contributed by atoms with van der Waals surface area (Å²) in [5.74, 6) is -0.404. The first kappa shape index (κ1) is 20.3. The Bertz CT molecular complexity index is 1250. The lowest BCUT2D eigenvalue weighted by Crippen LogP contribution is -2.48. The molecule has 0 spiro atoms. The van der Waals surface area contributed by atoms with Crippen LogP contribution in [-0.2, 0) is 6.54 Å². The molecule has 0 atom stereocenters. The van der Waals surface area contributed by atoms with Gasteiger partial charge >= 0.3 is 0 Å². The van der Waals surface area contributed by atoms with Gasteiger partial charge in [-0.1, -0.05) is 11.2 Å². The first-order valence-electron chi connectivity index (χ1n) is 10.5. The standard InChI is InChI=1S/C24H22FN5O2/c1-16-22-20(13-21(27-23(22)32-28-16)18-4-6-19(25)7-5-18)24(31)30-11-9-29(10-12-30)15-17-3-2-8-26-14-17/h2-8,13-14H,9-12,15H2,1H3. The second-order valence-electron chi connectivity index (χ2n) is 7.94. The fraction of sp³-hybridized carbons (Fsp3) is 0.250. The van der Waals surface area contributed by atoms with E-state index in [2.05, 4.69) is 26.1 Å². The highest BCUT2D eigenvalue weighted by molar-refractivity contribution is 6.07. The number of pyridine rings is 2. The van der Waals surface area contributed by atoms with Crippen molar-refractivity contribution in [3.63, 3.8) is 0 Å². The minimum absolute atomic E-state index is 0.0758. The van der Waals surface area contributed by atoms with Gasteiger partial charge in [-0.05, 0) is 48.9 Å². The van der Waals surface area contributed by atoms with Crippen molar-refractivity contribution in [2.45, 2.75) is 13.5 Å². The van der Waals surface area contributed by atoms with Crippen molar-refractivity contribution in [2.24, 2.45) is 0 Å². The molecule has 1 aliphatic heterocycles. The van der Waals surface area contributed by atoms with Gasteiger partial charge in [-0.2, -0.15) is 0 Å². The molecule has 3 aromatic heterocycles. The lowest BCUT2D eigenvalue weighted by molar-refractivity contribution is 0.0630. The van der Waals surface area contributed by atoms with Crippen LogP contribution >= 0.6 is 0 Å². The normalized spacial score (nSPS) is 14.8. The quantitative estimate of drug-likeness (QED) is 0.491. The van der Waals surface area contributed by atoms with Gasteiger partial charge in [-0.15, -0.1) is 0 Å². The fourth-order valence-corrected chi connectivity index (χ4v) is 4.06. The van der Waals surface area contributed by atoms with Crippen molar-refractivity contribution in [3.05, 3.63) is 77.5 Å². The zero-order valence-electron chi connectivity index (χ0n) is 17.7. The van der Waals surface area contributed by atoms with Gasteiger partial charge in [0, 0.05) is 50.7 Å². The summed E-state index contributed by atoms with van der Waals surface area (Å²) in [4.78, 5) is 26.4. The van der Waals surface area contributed by atoms with Crippen LogP contribution in [0.4, 0.5) is 4.39 Å². The Morgan fingerprint density at radius 1 is 1.12 bits per heavy atom. The number of piperazine rings is 1. The number of carbonyl (C=O) groups excluding carboxylic acids is 1. The van der Waals surface area contributed by atoms with Crippen LogP contribution in [0.2, 0.25) is 0 Å². The summed E-state index contributed by atoms with van der Waals surface area (Å²) >= 11 is 0. The van der Waals surface area contributed by atoms with Crippen LogP contribution in [0, 0.1) is 12.7 Å². The van der Waals surface area contributed by atoms with Crippen LogP contribution in [0.1, 0.15) is 21.6 Å². The molecule has 0 aliphatic carbocycles. The molecule has 32 heavy (non-hydrogen) atoms. The zero-order valence-corrected chi connectivity index (χ0v) is 17.7. The third-order valence-corrected chi connectivity index (χ3v) is 5.78. The first-order valence-corrected chi connectivity index (χ1v) is 10.5. The fourth-order valence-electron chi connectivity index (χ4n) is 4.06. The Morgan fingerprint density at radius 3 is 2.62 bits per heavy atom. The van der Waals surface area contributed by atoms with E-state index in [4.69, 9.17) is 4.52 Å². The highest BCUT2D eigenvalue weighted by atomic mass is 19.1. The summed E-state index contributed by atoms with van der Waals surface area (Å²) in [5, 5.41) is 4.63. The number of rotatable bonds is 4. The first-order chi connectivity index (χ1) is 15.6. The second-order valence-corrected chi connectivity index (χ2v) is 7.94. The number of aryl methyl sites for hydroxylation is 1. The molecule has 0 unspecified atom stereocenters. The molecule has 5 rings (SSSR count). The van der Waals surface area contributed by atoms with Crippen molar-refractivity contribution in [1.82, 2.24) is 24.9 Å². The molecule has 4 heterocycles. The van der Waals surface area contributed by atoms with Crippen LogP contribution in [0.3, 0.4) is 0 Å². The summed E-state index contributed by atoms with van der Waals surface area (Å²) in [6, 6.07) is 11.8. The van der Waals surface area contributed by atoms with E-state index in [0.717, 1.165) is 25.2 Å². The zero-order chi connectivity index (χ0) is 22.1. The summed E-state index contributed by atoms with van der Waals surface area (Å²) in [6.07, 6.45) is 3.64. The lowest BCUT2D eigenvalue weighted by Gasteiger charge is -2.34. The molecule has 0 bridgehead atoms. The molecule has 8 heteroatoms. The van der Waals surface area contributed by atoms with E-state index >= 15 is 0 Å². The van der Waals surface area contributed by atoms with E-state index in [0.29, 0.717) is 46.7 Å². The molecule has 1 aliphatic rings. The summed E-state index contributed by atoms with van der Waals surface area (Å²) in [5.41, 5.74) is 3.85. The Balaban J connectivity index is 1.39. The largest absolute Gasteiger partial charge is 0.336 e. The third-order valence-electron chi connectivity index (χ3n) is 5.78. The number of fused-ring (bicyclic) bond motifs is 1. The average Bonchev–Trinajstić information content (AvgIpc) is 3.20. The van der Waals surface area contributed by atoms with Gasteiger partial charge in [0.25, 0.3) is 11.6 Å². The predicted octanol–water partition coefficient (Wildman–Crippen LogP) is 3.69. The molecule has 0 saturated carbocycles. The molecular weight excluding hydrogens is 409 g/mol. The molecule has 1 amide bonds. The number of nitrogens with zero attached hydrogens (tertiary/aromatic N) is 5. The number of carbonyl (C=O) groups is 1. The molecule has 0 N–H and O–H groups in total. The van der Waals surface area contributed by atoms with Gasteiger partial charge in [0.2, 0.25) is 0 Å². The molecular formula is C24H22FN5O2. The van der Waals surface area contributed by atoms with Gasteiger partial charge in [-0.3, -0.25) is 14.7 Å². The number of hydrogen-bond donors (Lipinski definition) is 0. The van der Waals surface area contributed by atoms with Crippen molar-refractivity contribution in [3.8, 4) is 11.3 Å². The number of hydrogen-bond acceptors (Lipinski definition) is 6. The lowest BCUT2D eigenvalue weighted by atomic mass is 10.0. The van der Waals surface area contributed by atoms with Crippen LogP contribution in [-0.4, -0.2) is 57.0 Å². The summed E-state index contributed by atoms with van der Waals surface area (Å²) in [6.45, 7) is 5.42. The van der Waals surface area contributed by atoms with E-state index in [-0.39, 0.29) is 11.7 Å². The van der Waals surface area contributed by atoms with Crippen LogP contribution in [0.25, 0.3) is 22.4 Å². The molecule has 7 nitrogen and oxygen atoms in total. The monoisotopic (exact) mass is 431 g/mol. The topological polar surface area (TPSA) is 75.4 Å². The molecule has 4 aromatic rings. The van der Waals surface area contributed by atoms with Gasteiger partial charge < -0.3 is 9.42 Å². The molecule has 0 radical (unpaired) electrons. The Morgan fingerprint density at radius 2 is 1.91 bits per heavy atom. The summed E-state index contributed by atoms with van der Waals surface area (Å²) in [7, 11) is 0. The van der Waals surface area contributed by atoms with Gasteiger partial charge in [-0.25, -0.2) is 9.37 Å². The van der Waals surface area contributed by atoms with Gasteiger partial charge in [0.05, 0.1) is 22.3 Å². The van der Waals surface area contributed by atoms with Crippen molar-refractivity contribution < 1.29 is 13.7 Å². The van der Waals surface area contributed by atoms with E-state index in [9.17, 15) is 9.18 Å². The second kappa shape index (κ2) is 8.47. The Kier molecular flexibility index (Phi) is 5.36. The number of benzene rings is 1. The van der Waals surface area contributed by atoms with Crippen molar-refractivity contribution in [1.29, 1.82) is 0 Å². The van der Waals surface area contributed by atoms with E-state index in [1.807, 2.05) is 17.2 Å². The van der Waals surface area contributed by atoms with E-state index < -0.39 is 0 Å². The van der Waals surface area contributed by atoms with Gasteiger partial charge in [0.15, 0.2) is 0 Å². The Hall–Kier alpha value is -3.65. The average molecular weight is 431 g/mol. The Labute approximate surface area is 184 Å². The van der Waals surface area contributed by atoms with Crippen molar-refractivity contribution >= 4 is 17.0 Å². The van der Waals surface area contributed by atoms with Crippen molar-refractivity contribution in [2.75, 3.05) is 26.2 Å². The highest BCUT2D eigenvalue weighted by Crippen LogP contribution is 2.28. The van der Waals surface area contributed by atoms with Crippen LogP contribution in [0.15, 0.2) is 59.4 Å². The number of aromatic nitrogens is 3. The molecule has 1 aromatic carbocycles. The molecule has 162 valence electrons. The van der Waals surface area contributed by atoms with Crippen LogP contribution in [0.5, 0.6) is 0 Å². The van der Waals surface area contributed by atoms with E-state index in [1.54, 1.807) is 31.3 Å². The maximum atomic E-state index is 13.5. The number of amides is 1. The maximum Gasteiger partial charge on any atom is 0.259 e. The van der Waals surface area contributed by atoms with Crippen LogP contribution < -0.4 is 0 Å². The highest BCUT2D eigenvalue weighted by Gasteiger charge is 2.26.